The van der Waals surface area contributed by atoms with Gasteiger partial charge in [-0.2, -0.15) is 0 Å². The van der Waals surface area contributed by atoms with E-state index >= 15 is 0 Å². The van der Waals surface area contributed by atoms with Crippen molar-refractivity contribution in [2.24, 2.45) is 0 Å². The van der Waals surface area contributed by atoms with E-state index in [0.29, 0.717) is 5.92 Å². The van der Waals surface area contributed by atoms with Crippen LogP contribution in [0.15, 0.2) is 29.8 Å². The van der Waals surface area contributed by atoms with Crippen LogP contribution < -0.4 is 16.4 Å². The maximum atomic E-state index is 6.05. The molecule has 1 aromatic carbocycles. The molecule has 0 aliphatic carbocycles. The summed E-state index contributed by atoms with van der Waals surface area (Å²) in [5, 5.41) is 3.11. The van der Waals surface area contributed by atoms with Crippen LogP contribution in [0.1, 0.15) is 17.9 Å². The maximum Gasteiger partial charge on any atom is 0.185 e. The first-order chi connectivity index (χ1) is 8.74. The fourth-order valence-corrected chi connectivity index (χ4v) is 3.19. The van der Waals surface area contributed by atoms with Crippen molar-refractivity contribution >= 4 is 27.8 Å². The lowest BCUT2D eigenvalue weighted by Gasteiger charge is -2.16. The molecule has 5 heteroatoms. The number of nitrogen functional groups attached to an aromatic ring is 2. The quantitative estimate of drug-likeness (QED) is 0.813. The van der Waals surface area contributed by atoms with Gasteiger partial charge in [-0.15, -0.1) is 11.3 Å². The van der Waals surface area contributed by atoms with Crippen molar-refractivity contribution < 1.29 is 0 Å². The van der Waals surface area contributed by atoms with Crippen LogP contribution in [0, 0.1) is 0 Å². The predicted molar refractivity (Wildman–Crippen MR) is 77.0 cm³/mol. The molecule has 0 bridgehead atoms. The highest BCUT2D eigenvalue weighted by Crippen LogP contribution is 2.34. The molecule has 1 aromatic heterocycles. The van der Waals surface area contributed by atoms with Gasteiger partial charge in [-0.05, 0) is 30.2 Å². The van der Waals surface area contributed by atoms with E-state index in [0.717, 1.165) is 36.0 Å². The molecule has 18 heavy (non-hydrogen) atoms. The molecule has 0 unspecified atom stereocenters. The average molecular weight is 260 g/mol. The molecule has 2 aromatic rings. The third-order valence-electron chi connectivity index (χ3n) is 3.43. The minimum absolute atomic E-state index is 0.456. The predicted octanol–water partition coefficient (Wildman–Crippen LogP) is 2.30. The van der Waals surface area contributed by atoms with Gasteiger partial charge in [0.2, 0.25) is 0 Å². The monoisotopic (exact) mass is 260 g/mol. The number of aromatic nitrogens is 1. The standard InChI is InChI=1S/C13H16N4S/c14-10-1-2-12(15)11(7-10)9-3-5-17(8-9)13-16-4-6-18-13/h1-2,4,6-7,9H,3,5,8,14-15H2/t9-/m0/s1. The van der Waals surface area contributed by atoms with E-state index in [1.807, 2.05) is 29.8 Å². The molecule has 4 nitrogen and oxygen atoms in total. The van der Waals surface area contributed by atoms with Gasteiger partial charge >= 0.3 is 0 Å². The number of anilines is 3. The van der Waals surface area contributed by atoms with Gasteiger partial charge in [-0.1, -0.05) is 0 Å². The van der Waals surface area contributed by atoms with E-state index < -0.39 is 0 Å². The number of nitrogens with two attached hydrogens (primary N) is 2. The Bertz CT molecular complexity index is 538. The Balaban J connectivity index is 1.81. The Kier molecular flexibility index (Phi) is 2.83. The van der Waals surface area contributed by atoms with Crippen LogP contribution in [-0.4, -0.2) is 18.1 Å². The summed E-state index contributed by atoms with van der Waals surface area (Å²) >= 11 is 1.68. The fraction of sp³-hybridized carbons (Fsp3) is 0.308. The van der Waals surface area contributed by atoms with Crippen molar-refractivity contribution in [2.75, 3.05) is 29.5 Å². The van der Waals surface area contributed by atoms with E-state index in [4.69, 9.17) is 11.5 Å². The molecule has 4 N–H and O–H groups in total. The molecule has 3 rings (SSSR count). The summed E-state index contributed by atoms with van der Waals surface area (Å²) in [4.78, 5) is 6.67. The molecule has 0 spiro atoms. The Morgan fingerprint density at radius 3 is 3.00 bits per heavy atom. The number of hydrogen-bond acceptors (Lipinski definition) is 5. The van der Waals surface area contributed by atoms with Gasteiger partial charge in [0, 0.05) is 42.0 Å². The zero-order valence-electron chi connectivity index (χ0n) is 10.0. The summed E-state index contributed by atoms with van der Waals surface area (Å²) in [6, 6.07) is 5.76. The van der Waals surface area contributed by atoms with Gasteiger partial charge in [0.15, 0.2) is 5.13 Å². The van der Waals surface area contributed by atoms with E-state index in [1.54, 1.807) is 11.3 Å². The lowest BCUT2D eigenvalue weighted by Crippen LogP contribution is -2.19. The zero-order chi connectivity index (χ0) is 12.5. The van der Waals surface area contributed by atoms with Crippen LogP contribution in [0.4, 0.5) is 16.5 Å². The van der Waals surface area contributed by atoms with Crippen molar-refractivity contribution in [1.29, 1.82) is 0 Å². The molecular formula is C13H16N4S. The summed E-state index contributed by atoms with van der Waals surface area (Å²) < 4.78 is 0. The molecule has 1 atom stereocenters. The summed E-state index contributed by atoms with van der Waals surface area (Å²) in [6.45, 7) is 2.01. The summed E-state index contributed by atoms with van der Waals surface area (Å²) in [5.41, 5.74) is 14.7. The highest BCUT2D eigenvalue weighted by molar-refractivity contribution is 7.13. The normalized spacial score (nSPS) is 19.3. The smallest absolute Gasteiger partial charge is 0.185 e. The Labute approximate surface area is 110 Å². The minimum Gasteiger partial charge on any atom is -0.399 e. The summed E-state index contributed by atoms with van der Waals surface area (Å²) in [7, 11) is 0. The Hall–Kier alpha value is -1.75. The SMILES string of the molecule is Nc1ccc(N)c([C@H]2CCN(c3nccs3)C2)c1. The third-order valence-corrected chi connectivity index (χ3v) is 4.26. The number of benzene rings is 1. The molecule has 1 aliphatic rings. The summed E-state index contributed by atoms with van der Waals surface area (Å²) in [5.74, 6) is 0.456. The van der Waals surface area contributed by atoms with E-state index in [9.17, 15) is 0 Å². The van der Waals surface area contributed by atoms with Crippen molar-refractivity contribution in [3.63, 3.8) is 0 Å². The molecule has 2 heterocycles. The van der Waals surface area contributed by atoms with Crippen LogP contribution in [0.2, 0.25) is 0 Å². The first-order valence-corrected chi connectivity index (χ1v) is 6.91. The molecule has 1 saturated heterocycles. The summed E-state index contributed by atoms with van der Waals surface area (Å²) in [6.07, 6.45) is 2.95. The number of rotatable bonds is 2. The molecule has 1 fully saturated rings. The van der Waals surface area contributed by atoms with Gasteiger partial charge in [-0.25, -0.2) is 4.98 Å². The Morgan fingerprint density at radius 1 is 1.33 bits per heavy atom. The second kappa shape index (κ2) is 4.49. The molecule has 0 saturated carbocycles. The van der Waals surface area contributed by atoms with Crippen LogP contribution in [-0.2, 0) is 0 Å². The maximum absolute atomic E-state index is 6.05. The first kappa shape index (κ1) is 11.3. The Morgan fingerprint density at radius 2 is 2.22 bits per heavy atom. The second-order valence-electron chi connectivity index (χ2n) is 4.63. The number of hydrogen-bond donors (Lipinski definition) is 2. The van der Waals surface area contributed by atoms with Gasteiger partial charge in [0.25, 0.3) is 0 Å². The highest BCUT2D eigenvalue weighted by Gasteiger charge is 2.26. The van der Waals surface area contributed by atoms with Gasteiger partial charge in [-0.3, -0.25) is 0 Å². The van der Waals surface area contributed by atoms with Gasteiger partial charge < -0.3 is 16.4 Å². The van der Waals surface area contributed by atoms with Gasteiger partial charge in [0.05, 0.1) is 0 Å². The lowest BCUT2D eigenvalue weighted by molar-refractivity contribution is 0.778. The van der Waals surface area contributed by atoms with Crippen molar-refractivity contribution in [3.8, 4) is 0 Å². The van der Waals surface area contributed by atoms with Crippen LogP contribution >= 0.6 is 11.3 Å². The van der Waals surface area contributed by atoms with Crippen molar-refractivity contribution in [3.05, 3.63) is 35.3 Å². The van der Waals surface area contributed by atoms with Crippen molar-refractivity contribution in [1.82, 2.24) is 4.98 Å². The van der Waals surface area contributed by atoms with Gasteiger partial charge in [0.1, 0.15) is 0 Å². The van der Waals surface area contributed by atoms with Crippen LogP contribution in [0.5, 0.6) is 0 Å². The van der Waals surface area contributed by atoms with E-state index in [2.05, 4.69) is 9.88 Å². The van der Waals surface area contributed by atoms with Crippen molar-refractivity contribution in [2.45, 2.75) is 12.3 Å². The highest BCUT2D eigenvalue weighted by atomic mass is 32.1. The molecule has 1 aliphatic heterocycles. The zero-order valence-corrected chi connectivity index (χ0v) is 10.9. The van der Waals surface area contributed by atoms with Crippen LogP contribution in [0.3, 0.4) is 0 Å². The fourth-order valence-electron chi connectivity index (χ4n) is 2.51. The average Bonchev–Trinajstić information content (AvgIpc) is 3.00. The number of thiazole rings is 1. The second-order valence-corrected chi connectivity index (χ2v) is 5.51. The first-order valence-electron chi connectivity index (χ1n) is 6.03. The molecule has 94 valence electrons. The minimum atomic E-state index is 0.456. The number of nitrogens with zero attached hydrogens (tertiary/aromatic N) is 2. The van der Waals surface area contributed by atoms with Crippen LogP contribution in [0.25, 0.3) is 0 Å². The molecule has 0 amide bonds. The topological polar surface area (TPSA) is 68.2 Å². The largest absolute Gasteiger partial charge is 0.399 e. The lowest BCUT2D eigenvalue weighted by atomic mass is 9.96. The molecular weight excluding hydrogens is 244 g/mol. The van der Waals surface area contributed by atoms with E-state index in [-0.39, 0.29) is 0 Å². The third kappa shape index (κ3) is 2.01. The molecule has 0 radical (unpaired) electrons. The van der Waals surface area contributed by atoms with E-state index in [1.165, 1.54) is 5.56 Å².